The van der Waals surface area contributed by atoms with Gasteiger partial charge >= 0.3 is 5.97 Å². The number of phenolic OH excluding ortho intramolecular Hbond substituents is 1. The molecule has 2 aromatic carbocycles. The number of nitrogens with one attached hydrogen (secondary N) is 5. The second-order valence-electron chi connectivity index (χ2n) is 10.3. The molecule has 1 aromatic heterocycles. The number of fused-ring (bicyclic) bond motifs is 1. The van der Waals surface area contributed by atoms with Gasteiger partial charge in [0, 0.05) is 23.5 Å². The first-order valence-corrected chi connectivity index (χ1v) is 15.4. The first-order valence-electron chi connectivity index (χ1n) is 14.0. The zero-order chi connectivity index (χ0) is 32.2. The lowest BCUT2D eigenvalue weighted by Crippen LogP contribution is -2.55. The summed E-state index contributed by atoms with van der Waals surface area (Å²) >= 11 is 1.45. The lowest BCUT2D eigenvalue weighted by Gasteiger charge is -2.22. The number of amides is 4. The number of aromatic nitrogens is 1. The van der Waals surface area contributed by atoms with Gasteiger partial charge in [-0.3, -0.25) is 19.2 Å². The molecule has 4 amide bonds. The van der Waals surface area contributed by atoms with Crippen molar-refractivity contribution in [1.82, 2.24) is 26.3 Å². The van der Waals surface area contributed by atoms with Gasteiger partial charge in [-0.2, -0.15) is 11.8 Å². The standard InChI is InChI=1S/C30H38N6O7S/c1-17(34-28(40)22(31)13-18-7-9-20(37)10-8-18)27(39)33-16-26(38)35-25(29(41)36-24(30(42)43)11-12-44-2)14-19-15-32-23-6-4-3-5-21(19)23/h3-10,15,17,22,24-25,32,37H,11-14,16,31H2,1-2H3,(H,33,39)(H,34,40)(H,35,38)(H,36,41)(H,42,43)/t17-,22+,24+,25+/m1/s1. The number of aromatic amines is 1. The van der Waals surface area contributed by atoms with E-state index in [0.29, 0.717) is 5.75 Å². The Bertz CT molecular complexity index is 1460. The highest BCUT2D eigenvalue weighted by atomic mass is 32.2. The molecule has 236 valence electrons. The molecule has 0 aliphatic rings. The first-order chi connectivity index (χ1) is 21.0. The molecule has 4 atom stereocenters. The zero-order valence-electron chi connectivity index (χ0n) is 24.5. The van der Waals surface area contributed by atoms with Crippen LogP contribution in [-0.2, 0) is 36.8 Å². The minimum Gasteiger partial charge on any atom is -0.508 e. The summed E-state index contributed by atoms with van der Waals surface area (Å²) in [6.07, 6.45) is 4.00. The van der Waals surface area contributed by atoms with Gasteiger partial charge in [-0.15, -0.1) is 0 Å². The largest absolute Gasteiger partial charge is 0.508 e. The number of hydrogen-bond acceptors (Lipinski definition) is 8. The molecule has 0 unspecified atom stereocenters. The molecule has 9 N–H and O–H groups in total. The minimum absolute atomic E-state index is 0.0653. The number of benzene rings is 2. The summed E-state index contributed by atoms with van der Waals surface area (Å²) < 4.78 is 0. The van der Waals surface area contributed by atoms with E-state index in [1.165, 1.54) is 30.8 Å². The van der Waals surface area contributed by atoms with Crippen LogP contribution in [0.5, 0.6) is 5.75 Å². The molecule has 3 aromatic rings. The molecular formula is C30H38N6O7S. The third-order valence-electron chi connectivity index (χ3n) is 6.88. The number of carbonyl (C=O) groups excluding carboxylic acids is 4. The van der Waals surface area contributed by atoms with Gasteiger partial charge in [0.05, 0.1) is 12.6 Å². The molecule has 0 spiro atoms. The molecular weight excluding hydrogens is 588 g/mol. The maximum absolute atomic E-state index is 13.2. The van der Waals surface area contributed by atoms with E-state index >= 15 is 0 Å². The summed E-state index contributed by atoms with van der Waals surface area (Å²) in [7, 11) is 0. The number of para-hydroxylation sites is 1. The first kappa shape index (κ1) is 33.9. The van der Waals surface area contributed by atoms with Crippen molar-refractivity contribution in [2.75, 3.05) is 18.6 Å². The zero-order valence-corrected chi connectivity index (χ0v) is 25.3. The maximum atomic E-state index is 13.2. The number of nitrogens with two attached hydrogens (primary N) is 1. The average Bonchev–Trinajstić information content (AvgIpc) is 3.41. The van der Waals surface area contributed by atoms with E-state index in [0.717, 1.165) is 22.0 Å². The van der Waals surface area contributed by atoms with E-state index in [9.17, 15) is 34.2 Å². The fourth-order valence-electron chi connectivity index (χ4n) is 4.43. The maximum Gasteiger partial charge on any atom is 0.326 e. The highest BCUT2D eigenvalue weighted by Gasteiger charge is 2.28. The van der Waals surface area contributed by atoms with Gasteiger partial charge in [-0.05, 0) is 61.1 Å². The number of carboxylic acids is 1. The van der Waals surface area contributed by atoms with Gasteiger partial charge in [-0.25, -0.2) is 4.79 Å². The quantitative estimate of drug-likeness (QED) is 0.110. The number of thioether (sulfide) groups is 1. The number of aromatic hydroxyl groups is 1. The summed E-state index contributed by atoms with van der Waals surface area (Å²) in [4.78, 5) is 66.1. The van der Waals surface area contributed by atoms with Crippen molar-refractivity contribution in [3.63, 3.8) is 0 Å². The van der Waals surface area contributed by atoms with E-state index in [-0.39, 0.29) is 25.0 Å². The molecule has 13 nitrogen and oxygen atoms in total. The molecule has 3 rings (SSSR count). The fraction of sp³-hybridized carbons (Fsp3) is 0.367. The van der Waals surface area contributed by atoms with Crippen LogP contribution >= 0.6 is 11.8 Å². The Morgan fingerprint density at radius 1 is 0.909 bits per heavy atom. The van der Waals surface area contributed by atoms with Gasteiger partial charge in [0.25, 0.3) is 0 Å². The van der Waals surface area contributed by atoms with Crippen LogP contribution in [0, 0.1) is 0 Å². The molecule has 14 heteroatoms. The predicted molar refractivity (Wildman–Crippen MR) is 167 cm³/mol. The number of rotatable bonds is 16. The van der Waals surface area contributed by atoms with Crippen molar-refractivity contribution in [1.29, 1.82) is 0 Å². The summed E-state index contributed by atoms with van der Waals surface area (Å²) in [5, 5.41) is 29.9. The van der Waals surface area contributed by atoms with Gasteiger partial charge in [0.1, 0.15) is 23.9 Å². The van der Waals surface area contributed by atoms with Gasteiger partial charge < -0.3 is 42.2 Å². The molecule has 44 heavy (non-hydrogen) atoms. The van der Waals surface area contributed by atoms with E-state index in [1.807, 2.05) is 30.5 Å². The minimum atomic E-state index is -1.18. The molecule has 0 bridgehead atoms. The topological polar surface area (TPSA) is 216 Å². The predicted octanol–water partition coefficient (Wildman–Crippen LogP) is 0.414. The van der Waals surface area contributed by atoms with Crippen molar-refractivity contribution < 1.29 is 34.2 Å². The van der Waals surface area contributed by atoms with Crippen molar-refractivity contribution >= 4 is 52.3 Å². The van der Waals surface area contributed by atoms with Crippen LogP contribution < -0.4 is 27.0 Å². The van der Waals surface area contributed by atoms with Crippen LogP contribution in [0.2, 0.25) is 0 Å². The highest BCUT2D eigenvalue weighted by molar-refractivity contribution is 7.98. The van der Waals surface area contributed by atoms with Gasteiger partial charge in [-0.1, -0.05) is 30.3 Å². The van der Waals surface area contributed by atoms with Gasteiger partial charge in [0.15, 0.2) is 0 Å². The average molecular weight is 627 g/mol. The van der Waals surface area contributed by atoms with Crippen molar-refractivity contribution in [2.45, 2.75) is 50.4 Å². The third kappa shape index (κ3) is 10.0. The number of aliphatic carboxylic acids is 1. The van der Waals surface area contributed by atoms with Gasteiger partial charge in [0.2, 0.25) is 23.6 Å². The van der Waals surface area contributed by atoms with E-state index < -0.39 is 60.3 Å². The Morgan fingerprint density at radius 2 is 1.61 bits per heavy atom. The number of H-pyrrole nitrogens is 1. The number of phenols is 1. The second-order valence-corrected chi connectivity index (χ2v) is 11.3. The Morgan fingerprint density at radius 3 is 2.30 bits per heavy atom. The summed E-state index contributed by atoms with van der Waals surface area (Å²) in [6.45, 7) is 0.942. The fourth-order valence-corrected chi connectivity index (χ4v) is 4.90. The monoisotopic (exact) mass is 626 g/mol. The smallest absolute Gasteiger partial charge is 0.326 e. The number of carboxylic acid groups (broad SMARTS) is 1. The van der Waals surface area contributed by atoms with E-state index in [4.69, 9.17) is 5.73 Å². The van der Waals surface area contributed by atoms with Crippen LogP contribution in [0.1, 0.15) is 24.5 Å². The molecule has 0 aliphatic heterocycles. The molecule has 1 heterocycles. The van der Waals surface area contributed by atoms with Crippen molar-refractivity contribution in [2.24, 2.45) is 5.73 Å². The van der Waals surface area contributed by atoms with Crippen molar-refractivity contribution in [3.05, 3.63) is 65.9 Å². The summed E-state index contributed by atoms with van der Waals surface area (Å²) in [6, 6.07) is 9.41. The van der Waals surface area contributed by atoms with Crippen LogP contribution in [0.3, 0.4) is 0 Å². The van der Waals surface area contributed by atoms with Crippen LogP contribution in [0.4, 0.5) is 0 Å². The summed E-state index contributed by atoms with van der Waals surface area (Å²) in [5.74, 6) is -3.17. The van der Waals surface area contributed by atoms with E-state index in [1.54, 1.807) is 18.3 Å². The Hall–Kier alpha value is -4.56. The highest BCUT2D eigenvalue weighted by Crippen LogP contribution is 2.19. The van der Waals surface area contributed by atoms with E-state index in [2.05, 4.69) is 26.3 Å². The summed E-state index contributed by atoms with van der Waals surface area (Å²) in [5.41, 5.74) is 8.26. The Kier molecular flexibility index (Phi) is 12.6. The second kappa shape index (κ2) is 16.3. The lowest BCUT2D eigenvalue weighted by molar-refractivity contribution is -0.142. The van der Waals surface area contributed by atoms with Crippen molar-refractivity contribution in [3.8, 4) is 5.75 Å². The SMILES string of the molecule is CSCC[C@H](NC(=O)[C@H](Cc1c[nH]c2ccccc12)NC(=O)CNC(=O)[C@@H](C)NC(=O)[C@@H](N)Cc1ccc(O)cc1)C(=O)O. The number of carbonyl (C=O) groups is 5. The molecule has 0 aliphatic carbocycles. The van der Waals surface area contributed by atoms with Crippen LogP contribution in [0.15, 0.2) is 54.7 Å². The molecule has 0 fully saturated rings. The Labute approximate surface area is 258 Å². The molecule has 0 radical (unpaired) electrons. The van der Waals surface area contributed by atoms with Crippen LogP contribution in [0.25, 0.3) is 10.9 Å². The normalized spacial score (nSPS) is 13.7. The third-order valence-corrected chi connectivity index (χ3v) is 7.52. The number of hydrogen-bond donors (Lipinski definition) is 8. The molecule has 0 saturated carbocycles. The Balaban J connectivity index is 1.60. The molecule has 0 saturated heterocycles. The lowest BCUT2D eigenvalue weighted by atomic mass is 10.0. The van der Waals surface area contributed by atoms with Crippen LogP contribution in [-0.4, -0.2) is 87.5 Å².